The predicted molar refractivity (Wildman–Crippen MR) is 193 cm³/mol. The molecule has 262 valence electrons. The van der Waals surface area contributed by atoms with Crippen LogP contribution in [0.15, 0.2) is 65.8 Å². The van der Waals surface area contributed by atoms with Gasteiger partial charge < -0.3 is 14.5 Å². The van der Waals surface area contributed by atoms with Gasteiger partial charge in [0.2, 0.25) is 11.8 Å². The van der Waals surface area contributed by atoms with Gasteiger partial charge in [0.15, 0.2) is 0 Å². The number of anilines is 2. The Labute approximate surface area is 294 Å². The van der Waals surface area contributed by atoms with Crippen molar-refractivity contribution in [3.8, 4) is 17.1 Å². The minimum atomic E-state index is -4.17. The second-order valence-corrected chi connectivity index (χ2v) is 16.9. The van der Waals surface area contributed by atoms with Gasteiger partial charge in [-0.05, 0) is 87.1 Å². The number of aromatic nitrogens is 4. The lowest BCUT2D eigenvalue weighted by atomic mass is 9.75. The van der Waals surface area contributed by atoms with Gasteiger partial charge in [-0.15, -0.1) is 0 Å². The summed E-state index contributed by atoms with van der Waals surface area (Å²) in [6.07, 6.45) is 9.99. The van der Waals surface area contributed by atoms with Crippen molar-refractivity contribution in [3.63, 3.8) is 0 Å². The van der Waals surface area contributed by atoms with Crippen molar-refractivity contribution in [2.45, 2.75) is 96.2 Å². The number of amides is 1. The third kappa shape index (κ3) is 6.77. The molecule has 4 heterocycles. The lowest BCUT2D eigenvalue weighted by molar-refractivity contribution is 0.0509. The highest BCUT2D eigenvalue weighted by Crippen LogP contribution is 2.47. The summed E-state index contributed by atoms with van der Waals surface area (Å²) < 4.78 is 36.5. The van der Waals surface area contributed by atoms with Crippen molar-refractivity contribution in [1.82, 2.24) is 24.8 Å². The van der Waals surface area contributed by atoms with Gasteiger partial charge in [-0.1, -0.05) is 45.0 Å². The van der Waals surface area contributed by atoms with Crippen LogP contribution in [0.25, 0.3) is 11.3 Å². The molecule has 50 heavy (non-hydrogen) atoms. The fraction of sp³-hybridized carbons (Fsp3) is 0.447. The first-order valence-corrected chi connectivity index (χ1v) is 18.9. The zero-order valence-electron chi connectivity index (χ0n) is 29.4. The monoisotopic (exact) mass is 695 g/mol. The first-order chi connectivity index (χ1) is 23.8. The zero-order chi connectivity index (χ0) is 35.3. The van der Waals surface area contributed by atoms with Crippen LogP contribution in [-0.2, 0) is 16.6 Å². The van der Waals surface area contributed by atoms with Gasteiger partial charge in [-0.2, -0.15) is 4.98 Å². The van der Waals surface area contributed by atoms with E-state index in [2.05, 4.69) is 45.3 Å². The van der Waals surface area contributed by atoms with Gasteiger partial charge in [0, 0.05) is 29.3 Å². The van der Waals surface area contributed by atoms with E-state index in [4.69, 9.17) is 9.72 Å². The molecule has 11 nitrogen and oxygen atoms in total. The molecule has 1 amide bonds. The van der Waals surface area contributed by atoms with Gasteiger partial charge in [0.05, 0.1) is 41.3 Å². The predicted octanol–water partition coefficient (Wildman–Crippen LogP) is 6.71. The van der Waals surface area contributed by atoms with E-state index in [1.54, 1.807) is 29.3 Å². The highest BCUT2D eigenvalue weighted by atomic mass is 32.2. The molecule has 1 atom stereocenters. The summed E-state index contributed by atoms with van der Waals surface area (Å²) in [5.74, 6) is 0.609. The number of carbonyl (C=O) groups excluding carboxylic acids is 1. The summed E-state index contributed by atoms with van der Waals surface area (Å²) in [4.78, 5) is 37.5. The molecule has 4 bridgehead atoms. The third-order valence-electron chi connectivity index (χ3n) is 10.2. The molecule has 2 aliphatic heterocycles. The van der Waals surface area contributed by atoms with Crippen molar-refractivity contribution in [2.24, 2.45) is 5.41 Å². The normalized spacial score (nSPS) is 19.9. The zero-order valence-corrected chi connectivity index (χ0v) is 30.3. The first-order valence-electron chi connectivity index (χ1n) is 17.4. The van der Waals surface area contributed by atoms with Gasteiger partial charge >= 0.3 is 0 Å². The van der Waals surface area contributed by atoms with Gasteiger partial charge in [-0.25, -0.2) is 23.1 Å². The summed E-state index contributed by atoms with van der Waals surface area (Å²) in [5, 5.41) is 0. The minimum Gasteiger partial charge on any atom is -0.475 e. The third-order valence-corrected chi connectivity index (χ3v) is 11.5. The fourth-order valence-electron chi connectivity index (χ4n) is 7.72. The van der Waals surface area contributed by atoms with Crippen LogP contribution in [0.1, 0.15) is 86.5 Å². The second kappa shape index (κ2) is 12.9. The maximum atomic E-state index is 14.6. The average Bonchev–Trinajstić information content (AvgIpc) is 3.51. The number of carbonyl (C=O) groups is 1. The maximum Gasteiger partial charge on any atom is 0.264 e. The van der Waals surface area contributed by atoms with E-state index >= 15 is 0 Å². The second-order valence-electron chi connectivity index (χ2n) is 15.2. The van der Waals surface area contributed by atoms with E-state index in [9.17, 15) is 13.2 Å². The molecule has 1 N–H and O–H groups in total. The van der Waals surface area contributed by atoms with Crippen molar-refractivity contribution in [3.05, 3.63) is 83.3 Å². The van der Waals surface area contributed by atoms with E-state index in [0.29, 0.717) is 17.8 Å². The molecule has 1 saturated carbocycles. The Kier molecular flexibility index (Phi) is 8.78. The quantitative estimate of drug-likeness (QED) is 0.242. The minimum absolute atomic E-state index is 0.0694. The number of rotatable bonds is 5. The Morgan fingerprint density at radius 1 is 0.960 bits per heavy atom. The molecule has 0 unspecified atom stereocenters. The molecule has 7 rings (SSSR count). The number of nitrogens with zero attached hydrogens (tertiary/aromatic N) is 6. The highest BCUT2D eigenvalue weighted by molar-refractivity contribution is 7.92. The van der Waals surface area contributed by atoms with Crippen LogP contribution in [0.2, 0.25) is 0 Å². The molecule has 2 fully saturated rings. The van der Waals surface area contributed by atoms with Crippen molar-refractivity contribution in [2.75, 3.05) is 22.8 Å². The van der Waals surface area contributed by atoms with Crippen LogP contribution in [0.3, 0.4) is 0 Å². The lowest BCUT2D eigenvalue weighted by Crippen LogP contribution is -2.50. The molecule has 3 aliphatic rings. The summed E-state index contributed by atoms with van der Waals surface area (Å²) in [7, 11) is -4.17. The molecule has 12 heteroatoms. The summed E-state index contributed by atoms with van der Waals surface area (Å²) in [6.45, 7) is 11.6. The molecule has 1 aliphatic carbocycles. The maximum absolute atomic E-state index is 14.6. The molecular weight excluding hydrogens is 651 g/mol. The fourth-order valence-corrected chi connectivity index (χ4v) is 8.71. The van der Waals surface area contributed by atoms with E-state index in [-0.39, 0.29) is 52.3 Å². The Morgan fingerprint density at radius 3 is 2.42 bits per heavy atom. The lowest BCUT2D eigenvalue weighted by Gasteiger charge is -2.46. The van der Waals surface area contributed by atoms with E-state index in [0.717, 1.165) is 35.5 Å². The number of benzene rings is 2. The van der Waals surface area contributed by atoms with Crippen LogP contribution in [0, 0.1) is 19.3 Å². The number of aryl methyl sites for hydroxylation is 2. The summed E-state index contributed by atoms with van der Waals surface area (Å²) in [6, 6.07) is 13.3. The SMILES string of the molecule is Cc1cccc(C)c1-c1cc2nc(n1)NS(=O)(=O)c1cccc(c1)C(=O)N(Cc1cncc(N3CCCC34CCC4)n1)[C@H](CC(C)(C)C)CO2. The molecular formula is C38H45N7O4S. The highest BCUT2D eigenvalue weighted by Gasteiger charge is 2.46. The molecule has 1 saturated heterocycles. The number of nitrogens with one attached hydrogen (secondary N) is 1. The molecule has 1 spiro atoms. The van der Waals surface area contributed by atoms with Crippen molar-refractivity contribution < 1.29 is 17.9 Å². The van der Waals surface area contributed by atoms with E-state index in [1.807, 2.05) is 38.2 Å². The van der Waals surface area contributed by atoms with E-state index in [1.165, 1.54) is 37.8 Å². The molecule has 2 aromatic carbocycles. The smallest absolute Gasteiger partial charge is 0.264 e. The molecule has 4 aromatic rings. The summed E-state index contributed by atoms with van der Waals surface area (Å²) in [5.41, 5.74) is 4.25. The number of fused-ring (bicyclic) bond motifs is 4. The van der Waals surface area contributed by atoms with Crippen LogP contribution in [0.4, 0.5) is 11.8 Å². The number of ether oxygens (including phenoxy) is 1. The Bertz CT molecular complexity index is 2020. The number of hydrogen-bond acceptors (Lipinski definition) is 9. The van der Waals surface area contributed by atoms with Crippen LogP contribution < -0.4 is 14.4 Å². The Balaban J connectivity index is 1.32. The van der Waals surface area contributed by atoms with Gasteiger partial charge in [-0.3, -0.25) is 9.78 Å². The largest absolute Gasteiger partial charge is 0.475 e. The first kappa shape index (κ1) is 33.9. The Morgan fingerprint density at radius 2 is 1.70 bits per heavy atom. The van der Waals surface area contributed by atoms with E-state index < -0.39 is 16.1 Å². The number of hydrogen-bond donors (Lipinski definition) is 1. The molecule has 0 radical (unpaired) electrons. The van der Waals surface area contributed by atoms with Crippen LogP contribution >= 0.6 is 0 Å². The van der Waals surface area contributed by atoms with Crippen molar-refractivity contribution in [1.29, 1.82) is 0 Å². The van der Waals surface area contributed by atoms with Gasteiger partial charge in [0.25, 0.3) is 15.9 Å². The Hall–Kier alpha value is -4.58. The average molecular weight is 696 g/mol. The van der Waals surface area contributed by atoms with Crippen LogP contribution in [0.5, 0.6) is 5.88 Å². The van der Waals surface area contributed by atoms with Crippen molar-refractivity contribution >= 4 is 27.7 Å². The van der Waals surface area contributed by atoms with Crippen LogP contribution in [-0.4, -0.2) is 63.9 Å². The molecule has 2 aromatic heterocycles. The standard InChI is InChI=1S/C38H45N7O4S/c1-25-10-6-11-26(2)34(25)31-19-33-42-36(41-31)43-50(47,48)30-13-7-12-27(18-30)35(46)44(29(24-49-33)20-37(3,4)5)23-28-21-39-22-32(40-28)45-17-9-16-38(45)14-8-15-38/h6-7,10-13,18-19,21-22,29H,8-9,14-17,20,23-24H2,1-5H3,(H,41,42,43)/t29-/m1/s1. The topological polar surface area (TPSA) is 131 Å². The summed E-state index contributed by atoms with van der Waals surface area (Å²) >= 11 is 0. The number of sulfonamides is 1. The van der Waals surface area contributed by atoms with Gasteiger partial charge in [0.1, 0.15) is 12.4 Å².